The molecule has 0 radical (unpaired) electrons. The van der Waals surface area contributed by atoms with E-state index in [9.17, 15) is 47.9 Å². The van der Waals surface area contributed by atoms with E-state index in [1.807, 2.05) is 18.3 Å². The fourth-order valence-electron chi connectivity index (χ4n) is 5.93. The predicted molar refractivity (Wildman–Crippen MR) is 211 cm³/mol. The Morgan fingerprint density at radius 2 is 1.16 bits per heavy atom. The molecule has 0 atom stereocenters. The minimum atomic E-state index is -5.08. The summed E-state index contributed by atoms with van der Waals surface area (Å²) in [5, 5.41) is 30.0. The Hall–Kier alpha value is -6.70. The SMILES string of the molecule is CS(=O)(=O)c1cccc(N2CCN(c3ncnc4ccc(-c5c[nH]nc5-c5ccc(N6CCOCC6)cc5)cc34)CC2)c1.O=C(O)C(F)(F)F.O=C(O)C(F)(F)F.O=C(O)C(F)(F)F. The van der Waals surface area contributed by atoms with Gasteiger partial charge in [0, 0.05) is 79.6 Å². The van der Waals surface area contributed by atoms with Crippen molar-refractivity contribution in [3.8, 4) is 22.4 Å². The van der Waals surface area contributed by atoms with Crippen molar-refractivity contribution in [1.82, 2.24) is 20.2 Å². The summed E-state index contributed by atoms with van der Waals surface area (Å²) in [4.78, 5) is 43.1. The number of rotatable bonds is 6. The molecule has 3 aromatic carbocycles. The number of carboxylic acid groups (broad SMARTS) is 3. The summed E-state index contributed by atoms with van der Waals surface area (Å²) in [6, 6.07) is 22.0. The summed E-state index contributed by atoms with van der Waals surface area (Å²) in [5.41, 5.74) is 7.01. The molecule has 346 valence electrons. The predicted octanol–water partition coefficient (Wildman–Crippen LogP) is 6.15. The number of sulfone groups is 1. The van der Waals surface area contributed by atoms with Gasteiger partial charge in [-0.1, -0.05) is 24.3 Å². The van der Waals surface area contributed by atoms with E-state index in [-0.39, 0.29) is 0 Å². The van der Waals surface area contributed by atoms with Crippen LogP contribution in [0.25, 0.3) is 33.3 Å². The Morgan fingerprint density at radius 1 is 0.656 bits per heavy atom. The van der Waals surface area contributed by atoms with Crippen molar-refractivity contribution in [2.45, 2.75) is 23.4 Å². The summed E-state index contributed by atoms with van der Waals surface area (Å²) in [5.74, 6) is -7.37. The molecule has 0 aliphatic carbocycles. The number of ether oxygens (including phenoxy) is 1. The van der Waals surface area contributed by atoms with Crippen molar-refractivity contribution < 1.29 is 82.4 Å². The zero-order valence-corrected chi connectivity index (χ0v) is 33.8. The minimum Gasteiger partial charge on any atom is -0.475 e. The van der Waals surface area contributed by atoms with Crippen molar-refractivity contribution in [2.24, 2.45) is 0 Å². The number of alkyl halides is 9. The maximum Gasteiger partial charge on any atom is 0.490 e. The van der Waals surface area contributed by atoms with E-state index >= 15 is 0 Å². The highest BCUT2D eigenvalue weighted by atomic mass is 32.2. The molecule has 16 nitrogen and oxygen atoms in total. The number of piperazine rings is 1. The number of nitrogens with one attached hydrogen (secondary N) is 1. The number of H-pyrrole nitrogens is 1. The lowest BCUT2D eigenvalue weighted by Crippen LogP contribution is -2.47. The largest absolute Gasteiger partial charge is 0.490 e. The van der Waals surface area contributed by atoms with Crippen molar-refractivity contribution in [3.63, 3.8) is 0 Å². The highest BCUT2D eigenvalue weighted by Crippen LogP contribution is 2.35. The molecular weight excluding hydrogens is 902 g/mol. The molecule has 4 N–H and O–H groups in total. The first-order valence-corrected chi connectivity index (χ1v) is 20.1. The molecule has 0 spiro atoms. The van der Waals surface area contributed by atoms with Crippen molar-refractivity contribution in [1.29, 1.82) is 0 Å². The van der Waals surface area contributed by atoms with Gasteiger partial charge in [-0.2, -0.15) is 44.6 Å². The molecular formula is C38H36F9N7O9S. The fraction of sp³-hybridized carbons (Fsp3) is 0.316. The van der Waals surface area contributed by atoms with Crippen molar-refractivity contribution in [3.05, 3.63) is 79.3 Å². The van der Waals surface area contributed by atoms with E-state index in [0.29, 0.717) is 4.90 Å². The number of aromatic amines is 1. The van der Waals surface area contributed by atoms with Gasteiger partial charge in [0.2, 0.25) is 0 Å². The van der Waals surface area contributed by atoms with Crippen LogP contribution in [0.1, 0.15) is 0 Å². The first-order chi connectivity index (χ1) is 29.8. The lowest BCUT2D eigenvalue weighted by Gasteiger charge is -2.37. The van der Waals surface area contributed by atoms with E-state index in [1.54, 1.807) is 24.5 Å². The van der Waals surface area contributed by atoms with Gasteiger partial charge in [0.05, 0.1) is 29.3 Å². The van der Waals surface area contributed by atoms with Gasteiger partial charge >= 0.3 is 36.4 Å². The Morgan fingerprint density at radius 3 is 1.67 bits per heavy atom. The number of halogens is 9. The van der Waals surface area contributed by atoms with Crippen molar-refractivity contribution >= 4 is 55.8 Å². The second-order valence-electron chi connectivity index (χ2n) is 13.4. The monoisotopic (exact) mass is 937 g/mol. The number of anilines is 3. The molecule has 0 saturated carbocycles. The van der Waals surface area contributed by atoms with E-state index in [4.69, 9.17) is 39.4 Å². The molecule has 2 saturated heterocycles. The topological polar surface area (TPSA) is 219 Å². The lowest BCUT2D eigenvalue weighted by atomic mass is 10.00. The molecule has 4 heterocycles. The number of benzene rings is 3. The van der Waals surface area contributed by atoms with Crippen LogP contribution in [0.4, 0.5) is 56.7 Å². The number of hydrogen-bond acceptors (Lipinski definition) is 12. The molecule has 2 aromatic heterocycles. The van der Waals surface area contributed by atoms with Crippen LogP contribution in [0, 0.1) is 0 Å². The van der Waals surface area contributed by atoms with Gasteiger partial charge in [-0.05, 0) is 48.0 Å². The van der Waals surface area contributed by atoms with Gasteiger partial charge in [0.25, 0.3) is 0 Å². The smallest absolute Gasteiger partial charge is 0.475 e. The zero-order valence-electron chi connectivity index (χ0n) is 32.9. The Kier molecular flexibility index (Phi) is 16.1. The molecule has 2 aliphatic heterocycles. The fourth-order valence-corrected chi connectivity index (χ4v) is 6.59. The Labute approximate surface area is 356 Å². The van der Waals surface area contributed by atoms with E-state index < -0.39 is 46.3 Å². The summed E-state index contributed by atoms with van der Waals surface area (Å²) in [6.07, 6.45) is -10.4. The number of morpholine rings is 1. The number of hydrogen-bond donors (Lipinski definition) is 4. The van der Waals surface area contributed by atoms with Crippen LogP contribution < -0.4 is 14.7 Å². The molecule has 64 heavy (non-hydrogen) atoms. The zero-order chi connectivity index (χ0) is 47.6. The number of nitrogens with zero attached hydrogens (tertiary/aromatic N) is 6. The second-order valence-corrected chi connectivity index (χ2v) is 15.4. The number of fused-ring (bicyclic) bond motifs is 1. The lowest BCUT2D eigenvalue weighted by molar-refractivity contribution is -0.193. The third kappa shape index (κ3) is 13.9. The molecule has 26 heteroatoms. The number of aromatic nitrogens is 4. The van der Waals surface area contributed by atoms with Gasteiger partial charge < -0.3 is 34.8 Å². The quantitative estimate of drug-likeness (QED) is 0.140. The van der Waals surface area contributed by atoms with Crippen LogP contribution in [0.3, 0.4) is 0 Å². The van der Waals surface area contributed by atoms with Crippen LogP contribution in [0.15, 0.2) is 84.1 Å². The van der Waals surface area contributed by atoms with Gasteiger partial charge in [0.15, 0.2) is 9.84 Å². The second kappa shape index (κ2) is 20.7. The Bertz CT molecular complexity index is 2450. The third-order valence-corrected chi connectivity index (χ3v) is 10.1. The van der Waals surface area contributed by atoms with E-state index in [1.165, 1.54) is 11.9 Å². The average molecular weight is 938 g/mol. The van der Waals surface area contributed by atoms with E-state index in [0.717, 1.165) is 97.3 Å². The third-order valence-electron chi connectivity index (χ3n) is 9.00. The maximum absolute atomic E-state index is 12.1. The van der Waals surface area contributed by atoms with Crippen LogP contribution in [0.5, 0.6) is 0 Å². The highest BCUT2D eigenvalue weighted by Gasteiger charge is 2.39. The summed E-state index contributed by atoms with van der Waals surface area (Å²) >= 11 is 0. The maximum atomic E-state index is 12.1. The molecule has 7 rings (SSSR count). The molecule has 0 amide bonds. The first kappa shape index (κ1) is 50.0. The van der Waals surface area contributed by atoms with Gasteiger partial charge in [0.1, 0.15) is 12.1 Å². The molecule has 2 aliphatic rings. The standard InChI is InChI=1S/C32H33N7O3S.3C2HF3O2/c1-43(40,41)27-4-2-3-26(20-27)37-11-13-39(14-12-37)32-28-19-24(7-10-30(28)33-22-34-32)29-21-35-36-31(29)23-5-8-25(9-6-23)38-15-17-42-18-16-38;3*3-2(4,5)1(6)7/h2-10,19-22H,11-18H2,1H3,(H,35,36);3*(H,6,7). The normalized spacial score (nSPS) is 14.6. The van der Waals surface area contributed by atoms with Gasteiger partial charge in [-0.15, -0.1) is 0 Å². The van der Waals surface area contributed by atoms with Crippen LogP contribution >= 0.6 is 0 Å². The van der Waals surface area contributed by atoms with Crippen LogP contribution in [-0.4, -0.2) is 139 Å². The summed E-state index contributed by atoms with van der Waals surface area (Å²) in [6.45, 7) is 6.34. The summed E-state index contributed by atoms with van der Waals surface area (Å²) in [7, 11) is -3.26. The average Bonchev–Trinajstić information content (AvgIpc) is 3.73. The van der Waals surface area contributed by atoms with Gasteiger partial charge in [-0.25, -0.2) is 32.8 Å². The first-order valence-electron chi connectivity index (χ1n) is 18.2. The van der Waals surface area contributed by atoms with Crippen LogP contribution in [-0.2, 0) is 29.0 Å². The molecule has 2 fully saturated rings. The van der Waals surface area contributed by atoms with Crippen LogP contribution in [0.2, 0.25) is 0 Å². The number of carbonyl (C=O) groups is 3. The highest BCUT2D eigenvalue weighted by molar-refractivity contribution is 7.90. The number of aliphatic carboxylic acids is 3. The Balaban J connectivity index is 0.000000355. The number of carboxylic acids is 3. The molecule has 5 aromatic rings. The molecule has 0 unspecified atom stereocenters. The van der Waals surface area contributed by atoms with Crippen molar-refractivity contribution in [2.75, 3.05) is 73.4 Å². The summed E-state index contributed by atoms with van der Waals surface area (Å²) < 4.78 is 125. The van der Waals surface area contributed by atoms with E-state index in [2.05, 4.69) is 66.3 Å². The minimum absolute atomic E-state index is 0.341. The molecule has 0 bridgehead atoms. The van der Waals surface area contributed by atoms with Gasteiger partial charge in [-0.3, -0.25) is 5.10 Å².